The van der Waals surface area contributed by atoms with E-state index >= 15 is 0 Å². The van der Waals surface area contributed by atoms with Crippen molar-refractivity contribution in [1.29, 1.82) is 0 Å². The summed E-state index contributed by atoms with van der Waals surface area (Å²) in [5.41, 5.74) is -0.251. The van der Waals surface area contributed by atoms with Gasteiger partial charge in [-0.15, -0.1) is 0 Å². The number of aliphatic hydroxyl groups excluding tert-OH is 1. The van der Waals surface area contributed by atoms with Crippen molar-refractivity contribution in [2.24, 2.45) is 0 Å². The molecule has 1 N–H and O–H groups in total. The Labute approximate surface area is 267 Å². The standard InChI is InChI=1S/C14H10BrF3O.C14H8BrF3O.Al.Li.4H/c2*15-14(17,18)12-4-2-1-3-11(12)13(19)9-5-7-10(16)8-6-9;;;;;;/h1-8,13,19H;1-8H;;;;;;/q;;;+1;;;;-1. The molecule has 4 aromatic carbocycles. The number of aliphatic hydroxyl groups is 1. The predicted octanol–water partition coefficient (Wildman–Crippen LogP) is 4.79. The third kappa shape index (κ3) is 9.63. The molecule has 12 heteroatoms. The minimum atomic E-state index is -3.29. The normalized spacial score (nSPS) is 11.7. The van der Waals surface area contributed by atoms with E-state index in [0.717, 1.165) is 12.1 Å². The van der Waals surface area contributed by atoms with Gasteiger partial charge in [-0.1, -0.05) is 60.7 Å². The van der Waals surface area contributed by atoms with Crippen LogP contribution >= 0.6 is 31.9 Å². The maximum atomic E-state index is 13.4. The van der Waals surface area contributed by atoms with Crippen LogP contribution in [0.15, 0.2) is 97.1 Å². The van der Waals surface area contributed by atoms with E-state index in [9.17, 15) is 36.2 Å². The van der Waals surface area contributed by atoms with E-state index in [1.807, 2.05) is 0 Å². The second kappa shape index (κ2) is 15.4. The Kier molecular flexibility index (Phi) is 14.0. The van der Waals surface area contributed by atoms with Crippen molar-refractivity contribution < 1.29 is 56.5 Å². The quantitative estimate of drug-likeness (QED) is 0.136. The third-order valence-corrected chi connectivity index (χ3v) is 6.18. The summed E-state index contributed by atoms with van der Waals surface area (Å²) in [7, 11) is 0. The molecular formula is C28H22AlBr2F6LiO2. The maximum absolute atomic E-state index is 13.4. The largest absolute Gasteiger partial charge is 1.00 e. The second-order valence-electron chi connectivity index (χ2n) is 7.92. The second-order valence-corrected chi connectivity index (χ2v) is 9.91. The third-order valence-electron chi connectivity index (χ3n) is 5.33. The van der Waals surface area contributed by atoms with E-state index in [0.29, 0.717) is 5.56 Å². The topological polar surface area (TPSA) is 37.3 Å². The molecule has 0 bridgehead atoms. The number of carbonyl (C=O) groups excluding carboxylic acids is 1. The van der Waals surface area contributed by atoms with Crippen LogP contribution in [0, 0.1) is 11.6 Å². The molecule has 0 aliphatic heterocycles. The van der Waals surface area contributed by atoms with Crippen LogP contribution in [-0.4, -0.2) is 28.3 Å². The number of hydrogen-bond acceptors (Lipinski definition) is 2. The molecule has 0 heterocycles. The Bertz CT molecular complexity index is 1400. The van der Waals surface area contributed by atoms with E-state index in [1.165, 1.54) is 78.9 Å². The van der Waals surface area contributed by atoms with E-state index in [1.54, 1.807) is 6.07 Å². The van der Waals surface area contributed by atoms with Gasteiger partial charge < -0.3 is 6.53 Å². The van der Waals surface area contributed by atoms with Crippen molar-refractivity contribution in [2.75, 3.05) is 0 Å². The Hall–Kier alpha value is -1.82. The van der Waals surface area contributed by atoms with E-state index in [4.69, 9.17) is 0 Å². The number of benzene rings is 4. The Morgan fingerprint density at radius 3 is 1.62 bits per heavy atom. The molecule has 0 saturated heterocycles. The molecule has 1 atom stereocenters. The van der Waals surface area contributed by atoms with Crippen LogP contribution in [-0.2, 0) is 9.66 Å². The number of hydrogen-bond donors (Lipinski definition) is 1. The van der Waals surface area contributed by atoms with Crippen molar-refractivity contribution in [2.45, 2.75) is 15.8 Å². The maximum Gasteiger partial charge on any atom is 1.00 e. The molecule has 206 valence electrons. The first kappa shape index (κ1) is 36.2. The zero-order chi connectivity index (χ0) is 28.1. The molecule has 0 aromatic heterocycles. The zero-order valence-corrected chi connectivity index (χ0v) is 23.4. The fourth-order valence-corrected chi connectivity index (χ4v) is 4.21. The van der Waals surface area contributed by atoms with Crippen LogP contribution in [0.4, 0.5) is 26.3 Å². The number of halogens is 8. The first-order valence-corrected chi connectivity index (χ1v) is 12.4. The summed E-state index contributed by atoms with van der Waals surface area (Å²) in [6.07, 6.45) is -1.24. The summed E-state index contributed by atoms with van der Waals surface area (Å²) in [4.78, 5) is 5.62. The van der Waals surface area contributed by atoms with Crippen molar-refractivity contribution in [3.05, 3.63) is 142 Å². The van der Waals surface area contributed by atoms with E-state index in [2.05, 4.69) is 31.9 Å². The van der Waals surface area contributed by atoms with Gasteiger partial charge in [-0.25, -0.2) is 8.78 Å². The fourth-order valence-electron chi connectivity index (χ4n) is 3.50. The summed E-state index contributed by atoms with van der Waals surface area (Å²) in [5.74, 6) is -1.51. The monoisotopic (exact) mass is 696 g/mol. The summed E-state index contributed by atoms with van der Waals surface area (Å²) in [6, 6.07) is 20.9. The van der Waals surface area contributed by atoms with Gasteiger partial charge >= 0.3 is 28.5 Å². The molecular weight excluding hydrogens is 676 g/mol. The smallest absolute Gasteiger partial charge is 1.00 e. The van der Waals surface area contributed by atoms with Crippen molar-refractivity contribution in [3.63, 3.8) is 0 Å². The molecule has 0 amide bonds. The minimum Gasteiger partial charge on any atom is -1.00 e. The van der Waals surface area contributed by atoms with Gasteiger partial charge in [0.15, 0.2) is 23.1 Å². The van der Waals surface area contributed by atoms with Crippen molar-refractivity contribution >= 4 is 55.0 Å². The first-order valence-electron chi connectivity index (χ1n) is 10.8. The summed E-state index contributed by atoms with van der Waals surface area (Å²) >= 11 is 4.53. The van der Waals surface area contributed by atoms with Gasteiger partial charge in [-0.2, -0.15) is 17.6 Å². The van der Waals surface area contributed by atoms with Gasteiger partial charge in [-0.05, 0) is 79.4 Å². The average Bonchev–Trinajstić information content (AvgIpc) is 2.88. The van der Waals surface area contributed by atoms with Gasteiger partial charge in [0.05, 0.1) is 0 Å². The number of carbonyl (C=O) groups is 1. The SMILES string of the molecule is O=C(c1ccc(F)cc1)c1ccccc1C(F)(F)Br.OC(c1ccc(F)cc1)c1ccccc1C(F)(F)Br.[AlH3].[H-].[Li+]. The molecule has 0 radical (unpaired) electrons. The molecule has 40 heavy (non-hydrogen) atoms. The van der Waals surface area contributed by atoms with Gasteiger partial charge in [0, 0.05) is 22.3 Å². The van der Waals surface area contributed by atoms with Gasteiger partial charge in [0.1, 0.15) is 17.7 Å². The van der Waals surface area contributed by atoms with Crippen LogP contribution in [0.2, 0.25) is 0 Å². The molecule has 0 fully saturated rings. The zero-order valence-electron chi connectivity index (χ0n) is 21.2. The summed E-state index contributed by atoms with van der Waals surface area (Å²) in [5, 5.41) is 10.2. The van der Waals surface area contributed by atoms with Crippen LogP contribution in [0.25, 0.3) is 0 Å². The molecule has 2 nitrogen and oxygen atoms in total. The molecule has 0 saturated carbocycles. The van der Waals surface area contributed by atoms with Crippen LogP contribution in [0.3, 0.4) is 0 Å². The van der Waals surface area contributed by atoms with Crippen molar-refractivity contribution in [3.8, 4) is 0 Å². The van der Waals surface area contributed by atoms with Gasteiger partial charge in [-0.3, -0.25) is 4.79 Å². The Morgan fingerprint density at radius 2 is 1.12 bits per heavy atom. The molecule has 4 rings (SSSR count). The van der Waals surface area contributed by atoms with Crippen LogP contribution in [0.1, 0.15) is 45.7 Å². The Morgan fingerprint density at radius 1 is 0.700 bits per heavy atom. The van der Waals surface area contributed by atoms with E-state index < -0.39 is 38.7 Å². The molecule has 0 aliphatic rings. The summed E-state index contributed by atoms with van der Waals surface area (Å²) < 4.78 is 79.1. The number of rotatable bonds is 6. The molecule has 4 aromatic rings. The number of alkyl halides is 6. The van der Waals surface area contributed by atoms with Gasteiger partial charge in [0.2, 0.25) is 0 Å². The van der Waals surface area contributed by atoms with E-state index in [-0.39, 0.29) is 59.9 Å². The average molecular weight is 698 g/mol. The minimum absolute atomic E-state index is 0. The predicted molar refractivity (Wildman–Crippen MR) is 150 cm³/mol. The van der Waals surface area contributed by atoms with Gasteiger partial charge in [0.25, 0.3) is 0 Å². The fraction of sp³-hybridized carbons (Fsp3) is 0.107. The molecule has 0 aliphatic carbocycles. The first-order chi connectivity index (χ1) is 17.8. The summed E-state index contributed by atoms with van der Waals surface area (Å²) in [6.45, 7) is 0. The molecule has 0 spiro atoms. The molecule has 1 unspecified atom stereocenters. The number of ketones is 1. The van der Waals surface area contributed by atoms with Crippen LogP contribution < -0.4 is 18.9 Å². The van der Waals surface area contributed by atoms with Crippen LogP contribution in [0.5, 0.6) is 0 Å². The van der Waals surface area contributed by atoms with Crippen molar-refractivity contribution in [1.82, 2.24) is 0 Å². The Balaban J connectivity index is 0.000000727.